The van der Waals surface area contributed by atoms with Gasteiger partial charge in [0.1, 0.15) is 10.5 Å². The van der Waals surface area contributed by atoms with Crippen LogP contribution in [-0.4, -0.2) is 35.0 Å². The molecule has 132 valence electrons. The third kappa shape index (κ3) is 7.37. The van der Waals surface area contributed by atoms with E-state index in [0.29, 0.717) is 25.1 Å². The standard InChI is InChI=1S/C16H27FN2O3S/c1-16(2,3)23(21)18-10-6-5-7-15(20)19-12-8-9-14(22-4)13(17)11-12/h8-9,13,18H,5-7,10-11H2,1-4H3,(H,19,20). The molecule has 0 aromatic heterocycles. The van der Waals surface area contributed by atoms with Crippen molar-refractivity contribution in [2.24, 2.45) is 0 Å². The summed E-state index contributed by atoms with van der Waals surface area (Å²) in [7, 11) is 1.43. The van der Waals surface area contributed by atoms with E-state index in [1.54, 1.807) is 6.08 Å². The zero-order chi connectivity index (χ0) is 17.5. The minimum absolute atomic E-state index is 0.123. The molecule has 1 aliphatic carbocycles. The average molecular weight is 346 g/mol. The highest BCUT2D eigenvalue weighted by Crippen LogP contribution is 2.21. The molecule has 0 aliphatic heterocycles. The van der Waals surface area contributed by atoms with Gasteiger partial charge in [0.15, 0.2) is 6.17 Å². The Hall–Kier alpha value is -1.05. The monoisotopic (exact) mass is 346 g/mol. The number of allylic oxidation sites excluding steroid dienone is 4. The van der Waals surface area contributed by atoms with Gasteiger partial charge in [-0.1, -0.05) is 0 Å². The lowest BCUT2D eigenvalue weighted by Crippen LogP contribution is -2.39. The number of halogens is 1. The molecular weight excluding hydrogens is 319 g/mol. The number of alkyl halides is 1. The zero-order valence-corrected chi connectivity index (χ0v) is 15.1. The summed E-state index contributed by atoms with van der Waals surface area (Å²) < 4.78 is 33.0. The number of rotatable bonds is 8. The summed E-state index contributed by atoms with van der Waals surface area (Å²) >= 11 is -1.09. The van der Waals surface area contributed by atoms with Crippen LogP contribution in [0.15, 0.2) is 23.6 Å². The average Bonchev–Trinajstić information content (AvgIpc) is 2.45. The molecule has 2 N–H and O–H groups in total. The summed E-state index contributed by atoms with van der Waals surface area (Å²) in [6.07, 6.45) is 3.92. The van der Waals surface area contributed by atoms with Gasteiger partial charge in [0, 0.05) is 36.4 Å². The van der Waals surface area contributed by atoms with Crippen LogP contribution >= 0.6 is 0 Å². The van der Waals surface area contributed by atoms with Gasteiger partial charge in [0.2, 0.25) is 5.91 Å². The van der Waals surface area contributed by atoms with E-state index in [4.69, 9.17) is 4.74 Å². The Bertz CT molecular complexity index is 461. The van der Waals surface area contributed by atoms with Gasteiger partial charge in [0.25, 0.3) is 0 Å². The SMILES string of the molecule is COC1=CC=C(NC(=O)CCCCN[S+]([O-])C(C)(C)C)CC1F. The van der Waals surface area contributed by atoms with Crippen molar-refractivity contribution in [3.05, 3.63) is 23.6 Å². The Morgan fingerprint density at radius 3 is 2.70 bits per heavy atom. The van der Waals surface area contributed by atoms with Gasteiger partial charge < -0.3 is 14.6 Å². The van der Waals surface area contributed by atoms with Crippen molar-refractivity contribution in [3.63, 3.8) is 0 Å². The molecule has 0 saturated carbocycles. The molecule has 1 amide bonds. The number of unbranched alkanes of at least 4 members (excludes halogenated alkanes) is 1. The highest BCUT2D eigenvalue weighted by Gasteiger charge is 2.25. The van der Waals surface area contributed by atoms with Crippen LogP contribution in [-0.2, 0) is 20.9 Å². The molecule has 0 bridgehead atoms. The summed E-state index contributed by atoms with van der Waals surface area (Å²) in [6, 6.07) is 0. The fraction of sp³-hybridized carbons (Fsp3) is 0.688. The van der Waals surface area contributed by atoms with Crippen molar-refractivity contribution in [2.75, 3.05) is 13.7 Å². The molecule has 2 atom stereocenters. The molecule has 0 spiro atoms. The number of methoxy groups -OCH3 is 1. The molecule has 0 radical (unpaired) electrons. The normalized spacial score (nSPS) is 19.7. The maximum Gasteiger partial charge on any atom is 0.224 e. The molecular formula is C16H27FN2O3S. The summed E-state index contributed by atoms with van der Waals surface area (Å²) in [5, 5.41) is 2.72. The predicted octanol–water partition coefficient (Wildman–Crippen LogP) is 2.48. The second kappa shape index (κ2) is 9.30. The first-order valence-electron chi connectivity index (χ1n) is 7.78. The van der Waals surface area contributed by atoms with E-state index >= 15 is 0 Å². The summed E-state index contributed by atoms with van der Waals surface area (Å²) in [5.74, 6) is 0.149. The van der Waals surface area contributed by atoms with Crippen LogP contribution in [0.2, 0.25) is 0 Å². The van der Waals surface area contributed by atoms with Crippen molar-refractivity contribution in [3.8, 4) is 0 Å². The molecule has 1 rings (SSSR count). The lowest BCUT2D eigenvalue weighted by molar-refractivity contribution is -0.120. The first-order chi connectivity index (χ1) is 10.7. The van der Waals surface area contributed by atoms with Gasteiger partial charge in [-0.05, 0) is 45.8 Å². The Kier molecular flexibility index (Phi) is 8.08. The predicted molar refractivity (Wildman–Crippen MR) is 90.6 cm³/mol. The number of carbonyl (C=O) groups is 1. The molecule has 5 nitrogen and oxygen atoms in total. The van der Waals surface area contributed by atoms with Gasteiger partial charge in [-0.15, -0.1) is 4.72 Å². The lowest BCUT2D eigenvalue weighted by Gasteiger charge is -2.23. The molecule has 0 aromatic rings. The fourth-order valence-corrected chi connectivity index (χ4v) is 2.73. The van der Waals surface area contributed by atoms with Gasteiger partial charge in [-0.25, -0.2) is 4.39 Å². The van der Waals surface area contributed by atoms with E-state index in [-0.39, 0.29) is 22.8 Å². The van der Waals surface area contributed by atoms with Crippen LogP contribution in [0.4, 0.5) is 4.39 Å². The van der Waals surface area contributed by atoms with Gasteiger partial charge in [-0.2, -0.15) is 0 Å². The highest BCUT2D eigenvalue weighted by molar-refractivity contribution is 7.90. The molecule has 0 aromatic carbocycles. The quantitative estimate of drug-likeness (QED) is 0.523. The molecule has 0 heterocycles. The summed E-state index contributed by atoms with van der Waals surface area (Å²) in [6.45, 7) is 6.32. The largest absolute Gasteiger partial charge is 0.598 e. The number of ether oxygens (including phenoxy) is 1. The number of amides is 1. The van der Waals surface area contributed by atoms with Gasteiger partial charge >= 0.3 is 0 Å². The van der Waals surface area contributed by atoms with Gasteiger partial charge in [-0.3, -0.25) is 4.79 Å². The minimum Gasteiger partial charge on any atom is -0.598 e. The van der Waals surface area contributed by atoms with Crippen molar-refractivity contribution < 1.29 is 18.5 Å². The zero-order valence-electron chi connectivity index (χ0n) is 14.3. The van der Waals surface area contributed by atoms with Crippen LogP contribution in [0, 0.1) is 0 Å². The Morgan fingerprint density at radius 1 is 1.43 bits per heavy atom. The topological polar surface area (TPSA) is 73.4 Å². The van der Waals surface area contributed by atoms with Crippen LogP contribution in [0.25, 0.3) is 0 Å². The third-order valence-corrected chi connectivity index (χ3v) is 4.89. The molecule has 7 heteroatoms. The second-order valence-electron chi connectivity index (χ2n) is 6.42. The van der Waals surface area contributed by atoms with Gasteiger partial charge in [0.05, 0.1) is 7.11 Å². The lowest BCUT2D eigenvalue weighted by atomic mass is 10.1. The maximum absolute atomic E-state index is 13.7. The molecule has 23 heavy (non-hydrogen) atoms. The van der Waals surface area contributed by atoms with E-state index in [2.05, 4.69) is 10.0 Å². The third-order valence-electron chi connectivity index (χ3n) is 3.31. The number of hydrogen-bond acceptors (Lipinski definition) is 4. The van der Waals surface area contributed by atoms with Crippen LogP contribution in [0.3, 0.4) is 0 Å². The van der Waals surface area contributed by atoms with E-state index in [1.165, 1.54) is 13.2 Å². The first kappa shape index (κ1) is 20.0. The van der Waals surface area contributed by atoms with Crippen molar-refractivity contribution in [1.29, 1.82) is 0 Å². The number of nitrogens with one attached hydrogen (secondary N) is 2. The maximum atomic E-state index is 13.7. The van der Waals surface area contributed by atoms with Crippen LogP contribution in [0.5, 0.6) is 0 Å². The van der Waals surface area contributed by atoms with Crippen LogP contribution < -0.4 is 10.0 Å². The molecule has 0 fully saturated rings. The fourth-order valence-electron chi connectivity index (χ4n) is 1.97. The molecule has 2 unspecified atom stereocenters. The molecule has 0 saturated heterocycles. The van der Waals surface area contributed by atoms with E-state index < -0.39 is 17.5 Å². The molecule has 1 aliphatic rings. The van der Waals surface area contributed by atoms with Crippen LogP contribution in [0.1, 0.15) is 46.5 Å². The Labute approximate surface area is 141 Å². The van der Waals surface area contributed by atoms with E-state index in [0.717, 1.165) is 6.42 Å². The smallest absolute Gasteiger partial charge is 0.224 e. The number of carbonyl (C=O) groups excluding carboxylic acids is 1. The van der Waals surface area contributed by atoms with E-state index in [1.807, 2.05) is 20.8 Å². The first-order valence-corrected chi connectivity index (χ1v) is 8.93. The summed E-state index contributed by atoms with van der Waals surface area (Å²) in [5.41, 5.74) is 0.565. The minimum atomic E-state index is -1.21. The number of hydrogen-bond donors (Lipinski definition) is 2. The van der Waals surface area contributed by atoms with Crippen molar-refractivity contribution in [2.45, 2.75) is 57.4 Å². The summed E-state index contributed by atoms with van der Waals surface area (Å²) in [4.78, 5) is 11.8. The van der Waals surface area contributed by atoms with E-state index in [9.17, 15) is 13.7 Å². The second-order valence-corrected chi connectivity index (χ2v) is 8.47. The van der Waals surface area contributed by atoms with Crippen molar-refractivity contribution in [1.82, 2.24) is 10.0 Å². The Balaban J connectivity index is 2.21. The Morgan fingerprint density at radius 2 is 2.13 bits per heavy atom. The highest BCUT2D eigenvalue weighted by atomic mass is 32.2. The van der Waals surface area contributed by atoms with Crippen molar-refractivity contribution >= 4 is 17.3 Å².